The van der Waals surface area contributed by atoms with Crippen LogP contribution in [-0.4, -0.2) is 37.5 Å². The first-order chi connectivity index (χ1) is 9.20. The molecule has 1 aromatic rings. The Morgan fingerprint density at radius 2 is 1.89 bits per heavy atom. The van der Waals surface area contributed by atoms with Crippen molar-refractivity contribution in [2.24, 2.45) is 4.99 Å². The van der Waals surface area contributed by atoms with Gasteiger partial charge in [-0.3, -0.25) is 4.99 Å². The Bertz CT molecular complexity index is 416. The minimum absolute atomic E-state index is 0.500. The number of aliphatic imine (C=N–C) groups is 1. The predicted octanol–water partition coefficient (Wildman–Crippen LogP) is 2.77. The molecule has 1 heterocycles. The van der Waals surface area contributed by atoms with Gasteiger partial charge in [-0.05, 0) is 31.2 Å². The van der Waals surface area contributed by atoms with Crippen molar-refractivity contribution in [2.45, 2.75) is 32.6 Å². The molecule has 19 heavy (non-hydrogen) atoms. The average molecular weight is 259 g/mol. The third kappa shape index (κ3) is 3.72. The zero-order valence-corrected chi connectivity index (χ0v) is 12.3. The fourth-order valence-electron chi connectivity index (χ4n) is 2.52. The number of hydrogen-bond acceptors (Lipinski definition) is 1. The van der Waals surface area contributed by atoms with E-state index in [-0.39, 0.29) is 0 Å². The number of nitrogens with one attached hydrogen (secondary N) is 1. The van der Waals surface area contributed by atoms with E-state index in [9.17, 15) is 0 Å². The molecule has 0 aromatic heterocycles. The highest BCUT2D eigenvalue weighted by Gasteiger charge is 2.16. The molecule has 3 heteroatoms. The summed E-state index contributed by atoms with van der Waals surface area (Å²) in [7, 11) is 1.87. The lowest BCUT2D eigenvalue weighted by Crippen LogP contribution is -2.41. The second-order valence-corrected chi connectivity index (χ2v) is 5.43. The van der Waals surface area contributed by atoms with Gasteiger partial charge in [0.05, 0.1) is 0 Å². The van der Waals surface area contributed by atoms with E-state index in [1.54, 1.807) is 0 Å². The van der Waals surface area contributed by atoms with Gasteiger partial charge in [0.1, 0.15) is 0 Å². The van der Waals surface area contributed by atoms with Gasteiger partial charge in [0, 0.05) is 26.7 Å². The Morgan fingerprint density at radius 1 is 1.26 bits per heavy atom. The normalized spacial score (nSPS) is 17.6. The van der Waals surface area contributed by atoms with E-state index in [0.29, 0.717) is 5.92 Å². The molecule has 0 amide bonds. The van der Waals surface area contributed by atoms with Gasteiger partial charge in [-0.15, -0.1) is 0 Å². The van der Waals surface area contributed by atoms with Crippen LogP contribution in [0.4, 0.5) is 0 Å². The molecule has 3 nitrogen and oxygen atoms in total. The van der Waals surface area contributed by atoms with E-state index < -0.39 is 0 Å². The van der Waals surface area contributed by atoms with Crippen LogP contribution in [0.2, 0.25) is 0 Å². The highest BCUT2D eigenvalue weighted by Crippen LogP contribution is 2.15. The van der Waals surface area contributed by atoms with Gasteiger partial charge in [0.15, 0.2) is 5.96 Å². The van der Waals surface area contributed by atoms with Crippen molar-refractivity contribution in [3.05, 3.63) is 35.4 Å². The first kappa shape index (κ1) is 13.9. The maximum absolute atomic E-state index is 4.38. The smallest absolute Gasteiger partial charge is 0.193 e. The van der Waals surface area contributed by atoms with Crippen molar-refractivity contribution in [3.63, 3.8) is 0 Å². The van der Waals surface area contributed by atoms with Crippen LogP contribution in [0.25, 0.3) is 0 Å². The molecule has 2 rings (SSSR count). The van der Waals surface area contributed by atoms with Crippen LogP contribution in [0.3, 0.4) is 0 Å². The minimum Gasteiger partial charge on any atom is -0.356 e. The number of rotatable bonds is 3. The zero-order chi connectivity index (χ0) is 13.7. The third-order valence-corrected chi connectivity index (χ3v) is 3.83. The highest BCUT2D eigenvalue weighted by molar-refractivity contribution is 5.80. The summed E-state index contributed by atoms with van der Waals surface area (Å²) < 4.78 is 0. The van der Waals surface area contributed by atoms with Gasteiger partial charge in [-0.2, -0.15) is 0 Å². The standard InChI is InChI=1S/C16H25N3/c1-13-6-8-15(9-7-13)14(2)12-18-16(17-3)19-10-4-5-11-19/h6-9,14H,4-5,10-12H2,1-3H3,(H,17,18). The Hall–Kier alpha value is -1.51. The number of guanidine groups is 1. The molecule has 1 aliphatic heterocycles. The Kier molecular flexibility index (Phi) is 4.83. The molecule has 1 saturated heterocycles. The molecule has 1 unspecified atom stereocenters. The Morgan fingerprint density at radius 3 is 2.47 bits per heavy atom. The number of likely N-dealkylation sites (tertiary alicyclic amines) is 1. The van der Waals surface area contributed by atoms with Gasteiger partial charge in [0.25, 0.3) is 0 Å². The van der Waals surface area contributed by atoms with Crippen LogP contribution in [-0.2, 0) is 0 Å². The second-order valence-electron chi connectivity index (χ2n) is 5.43. The summed E-state index contributed by atoms with van der Waals surface area (Å²) in [6, 6.07) is 8.81. The summed E-state index contributed by atoms with van der Waals surface area (Å²) in [6.07, 6.45) is 2.57. The molecule has 0 saturated carbocycles. The van der Waals surface area contributed by atoms with Crippen LogP contribution in [0.1, 0.15) is 36.8 Å². The lowest BCUT2D eigenvalue weighted by atomic mass is 10.0. The summed E-state index contributed by atoms with van der Waals surface area (Å²) in [5.74, 6) is 1.55. The molecule has 104 valence electrons. The molecule has 0 aliphatic carbocycles. The quantitative estimate of drug-likeness (QED) is 0.667. The van der Waals surface area contributed by atoms with Gasteiger partial charge < -0.3 is 10.2 Å². The Balaban J connectivity index is 1.88. The van der Waals surface area contributed by atoms with Crippen molar-refractivity contribution < 1.29 is 0 Å². The van der Waals surface area contributed by atoms with Crippen LogP contribution in [0.15, 0.2) is 29.3 Å². The average Bonchev–Trinajstić information content (AvgIpc) is 2.94. The molecule has 1 N–H and O–H groups in total. The van der Waals surface area contributed by atoms with Gasteiger partial charge >= 0.3 is 0 Å². The number of benzene rings is 1. The fraction of sp³-hybridized carbons (Fsp3) is 0.562. The number of aryl methyl sites for hydroxylation is 1. The van der Waals surface area contributed by atoms with E-state index in [4.69, 9.17) is 0 Å². The maximum atomic E-state index is 4.38. The van der Waals surface area contributed by atoms with Crippen molar-refractivity contribution in [3.8, 4) is 0 Å². The molecule has 0 spiro atoms. The topological polar surface area (TPSA) is 27.6 Å². The lowest BCUT2D eigenvalue weighted by Gasteiger charge is -2.22. The molecule has 0 radical (unpaired) electrons. The lowest BCUT2D eigenvalue weighted by molar-refractivity contribution is 0.490. The van der Waals surface area contributed by atoms with E-state index in [2.05, 4.69) is 53.3 Å². The van der Waals surface area contributed by atoms with Crippen molar-refractivity contribution in [2.75, 3.05) is 26.7 Å². The van der Waals surface area contributed by atoms with Gasteiger partial charge in [-0.25, -0.2) is 0 Å². The van der Waals surface area contributed by atoms with E-state index >= 15 is 0 Å². The summed E-state index contributed by atoms with van der Waals surface area (Å²) in [4.78, 5) is 6.73. The second kappa shape index (κ2) is 6.60. The summed E-state index contributed by atoms with van der Waals surface area (Å²) in [5.41, 5.74) is 2.70. The molecular weight excluding hydrogens is 234 g/mol. The molecule has 1 aromatic carbocycles. The largest absolute Gasteiger partial charge is 0.356 e. The first-order valence-electron chi connectivity index (χ1n) is 7.23. The van der Waals surface area contributed by atoms with Crippen LogP contribution in [0.5, 0.6) is 0 Å². The van der Waals surface area contributed by atoms with Crippen molar-refractivity contribution >= 4 is 5.96 Å². The molecule has 1 fully saturated rings. The Labute approximate surface area is 116 Å². The van der Waals surface area contributed by atoms with Crippen LogP contribution >= 0.6 is 0 Å². The maximum Gasteiger partial charge on any atom is 0.193 e. The van der Waals surface area contributed by atoms with Crippen LogP contribution < -0.4 is 5.32 Å². The summed E-state index contributed by atoms with van der Waals surface area (Å²) >= 11 is 0. The molecule has 1 aliphatic rings. The van der Waals surface area contributed by atoms with Crippen LogP contribution in [0, 0.1) is 6.92 Å². The number of hydrogen-bond donors (Lipinski definition) is 1. The summed E-state index contributed by atoms with van der Waals surface area (Å²) in [5, 5.41) is 3.50. The van der Waals surface area contributed by atoms with Crippen molar-refractivity contribution in [1.82, 2.24) is 10.2 Å². The van der Waals surface area contributed by atoms with Gasteiger partial charge in [-0.1, -0.05) is 36.8 Å². The SMILES string of the molecule is CN=C(NCC(C)c1ccc(C)cc1)N1CCCC1. The van der Waals surface area contributed by atoms with E-state index in [1.807, 2.05) is 7.05 Å². The number of nitrogens with zero attached hydrogens (tertiary/aromatic N) is 2. The molecule has 1 atom stereocenters. The first-order valence-corrected chi connectivity index (χ1v) is 7.23. The molecular formula is C16H25N3. The zero-order valence-electron chi connectivity index (χ0n) is 12.3. The van der Waals surface area contributed by atoms with E-state index in [1.165, 1.54) is 24.0 Å². The monoisotopic (exact) mass is 259 g/mol. The summed E-state index contributed by atoms with van der Waals surface area (Å²) in [6.45, 7) is 7.60. The predicted molar refractivity (Wildman–Crippen MR) is 81.8 cm³/mol. The third-order valence-electron chi connectivity index (χ3n) is 3.83. The van der Waals surface area contributed by atoms with Crippen molar-refractivity contribution in [1.29, 1.82) is 0 Å². The van der Waals surface area contributed by atoms with E-state index in [0.717, 1.165) is 25.6 Å². The highest BCUT2D eigenvalue weighted by atomic mass is 15.3. The molecule has 0 bridgehead atoms. The minimum atomic E-state index is 0.500. The van der Waals surface area contributed by atoms with Gasteiger partial charge in [0.2, 0.25) is 0 Å². The fourth-order valence-corrected chi connectivity index (χ4v) is 2.52.